The van der Waals surface area contributed by atoms with Crippen molar-refractivity contribution in [2.24, 2.45) is 0 Å². The average Bonchev–Trinajstić information content (AvgIpc) is 2.37. The van der Waals surface area contributed by atoms with Crippen LogP contribution >= 0.6 is 0 Å². The molecule has 0 radical (unpaired) electrons. The number of rotatable bonds is 4. The Morgan fingerprint density at radius 1 is 1.43 bits per heavy atom. The number of carbonyl (C=O) groups is 1. The highest BCUT2D eigenvalue weighted by Gasteiger charge is 2.44. The molecule has 1 heterocycles. The van der Waals surface area contributed by atoms with E-state index in [9.17, 15) is 28.8 Å². The normalized spacial score (nSPS) is 16.5. The summed E-state index contributed by atoms with van der Waals surface area (Å²) in [6, 6.07) is 0.910. The van der Waals surface area contributed by atoms with Crippen LogP contribution in [0.4, 0.5) is 14.5 Å². The molecule has 2 rings (SSSR count). The third-order valence-corrected chi connectivity index (χ3v) is 3.44. The Morgan fingerprint density at radius 2 is 2.00 bits per heavy atom. The molecule has 1 aromatic rings. The van der Waals surface area contributed by atoms with E-state index in [1.54, 1.807) is 0 Å². The van der Waals surface area contributed by atoms with Crippen molar-refractivity contribution in [2.75, 3.05) is 13.1 Å². The zero-order chi connectivity index (χ0) is 15.8. The van der Waals surface area contributed by atoms with Gasteiger partial charge in [-0.05, 0) is 12.5 Å². The van der Waals surface area contributed by atoms with Gasteiger partial charge in [-0.3, -0.25) is 14.9 Å². The average molecular weight is 300 g/mol. The van der Waals surface area contributed by atoms with Crippen molar-refractivity contribution in [3.05, 3.63) is 39.4 Å². The van der Waals surface area contributed by atoms with E-state index < -0.39 is 39.3 Å². The van der Waals surface area contributed by atoms with E-state index in [4.69, 9.17) is 0 Å². The van der Waals surface area contributed by atoms with Crippen molar-refractivity contribution in [1.29, 1.82) is 0 Å². The molecule has 114 valence electrons. The Hall–Kier alpha value is -2.09. The highest BCUT2D eigenvalue weighted by Crippen LogP contribution is 2.30. The van der Waals surface area contributed by atoms with Gasteiger partial charge in [-0.25, -0.2) is 8.78 Å². The first-order valence-corrected chi connectivity index (χ1v) is 6.42. The van der Waals surface area contributed by atoms with Gasteiger partial charge in [-0.15, -0.1) is 0 Å². The summed E-state index contributed by atoms with van der Waals surface area (Å²) < 4.78 is 26.3. The first-order valence-electron chi connectivity index (χ1n) is 6.42. The van der Waals surface area contributed by atoms with Crippen molar-refractivity contribution in [3.63, 3.8) is 0 Å². The number of amides is 1. The van der Waals surface area contributed by atoms with E-state index >= 15 is 0 Å². The topological polar surface area (TPSA) is 83.7 Å². The summed E-state index contributed by atoms with van der Waals surface area (Å²) in [6.45, 7) is 1.92. The van der Waals surface area contributed by atoms with Crippen LogP contribution in [0.5, 0.6) is 0 Å². The maximum Gasteiger partial charge on any atom is 0.285 e. The smallest absolute Gasteiger partial charge is 0.285 e. The summed E-state index contributed by atoms with van der Waals surface area (Å²) in [6.07, 6.45) is 1.22. The summed E-state index contributed by atoms with van der Waals surface area (Å²) in [4.78, 5) is 23.2. The zero-order valence-electron chi connectivity index (χ0n) is 11.3. The van der Waals surface area contributed by atoms with Gasteiger partial charge in [0.2, 0.25) is 0 Å². The first kappa shape index (κ1) is 15.3. The molecule has 21 heavy (non-hydrogen) atoms. The maximum atomic E-state index is 13.2. The van der Waals surface area contributed by atoms with E-state index in [0.29, 0.717) is 18.6 Å². The highest BCUT2D eigenvalue weighted by atomic mass is 19.2. The van der Waals surface area contributed by atoms with E-state index in [1.165, 1.54) is 4.90 Å². The number of benzene rings is 1. The van der Waals surface area contributed by atoms with Crippen LogP contribution < -0.4 is 0 Å². The number of nitro benzene ring substituents is 1. The summed E-state index contributed by atoms with van der Waals surface area (Å²) in [5, 5.41) is 20.8. The highest BCUT2D eigenvalue weighted by molar-refractivity contribution is 5.98. The fraction of sp³-hybridized carbons (Fsp3) is 0.462. The van der Waals surface area contributed by atoms with Crippen LogP contribution in [0.15, 0.2) is 12.1 Å². The van der Waals surface area contributed by atoms with Crippen LogP contribution in [-0.2, 0) is 0 Å². The Bertz CT molecular complexity index is 600. The van der Waals surface area contributed by atoms with E-state index in [-0.39, 0.29) is 13.1 Å². The Morgan fingerprint density at radius 3 is 2.52 bits per heavy atom. The molecule has 1 aromatic carbocycles. The third-order valence-electron chi connectivity index (χ3n) is 3.44. The minimum absolute atomic E-state index is 0.0236. The van der Waals surface area contributed by atoms with Gasteiger partial charge in [0, 0.05) is 0 Å². The van der Waals surface area contributed by atoms with Crippen LogP contribution in [0.3, 0.4) is 0 Å². The minimum atomic E-state index is -1.38. The number of hydrogen-bond acceptors (Lipinski definition) is 4. The maximum absolute atomic E-state index is 13.2. The molecule has 1 aliphatic heterocycles. The van der Waals surface area contributed by atoms with Crippen LogP contribution in [-0.4, -0.2) is 39.5 Å². The molecule has 0 saturated carbocycles. The van der Waals surface area contributed by atoms with Crippen LogP contribution in [0, 0.1) is 21.7 Å². The lowest BCUT2D eigenvalue weighted by atomic mass is 9.88. The molecule has 6 nitrogen and oxygen atoms in total. The molecular formula is C13H14F2N2O4. The predicted octanol–water partition coefficient (Wildman–Crippen LogP) is 1.86. The lowest BCUT2D eigenvalue weighted by molar-refractivity contribution is -0.385. The second-order valence-corrected chi connectivity index (χ2v) is 5.18. The molecule has 1 amide bonds. The fourth-order valence-corrected chi connectivity index (χ4v) is 2.46. The van der Waals surface area contributed by atoms with Gasteiger partial charge in [0.1, 0.15) is 5.56 Å². The number of likely N-dealkylation sites (tertiary alicyclic amines) is 1. The van der Waals surface area contributed by atoms with Gasteiger partial charge in [0.05, 0.1) is 29.7 Å². The van der Waals surface area contributed by atoms with Crippen molar-refractivity contribution >= 4 is 11.6 Å². The van der Waals surface area contributed by atoms with E-state index in [1.807, 2.05) is 6.92 Å². The molecule has 0 atom stereocenters. The number of aliphatic hydroxyl groups is 1. The number of carbonyl (C=O) groups excluding carboxylic acids is 1. The second kappa shape index (κ2) is 5.36. The van der Waals surface area contributed by atoms with Gasteiger partial charge in [-0.2, -0.15) is 0 Å². The van der Waals surface area contributed by atoms with Gasteiger partial charge in [-0.1, -0.05) is 13.3 Å². The molecule has 1 aliphatic rings. The predicted molar refractivity (Wildman–Crippen MR) is 68.8 cm³/mol. The number of nitro groups is 1. The Labute approximate surface area is 119 Å². The van der Waals surface area contributed by atoms with Crippen LogP contribution in [0.1, 0.15) is 30.1 Å². The number of hydrogen-bond donors (Lipinski definition) is 1. The monoisotopic (exact) mass is 300 g/mol. The van der Waals surface area contributed by atoms with Crippen molar-refractivity contribution in [3.8, 4) is 0 Å². The zero-order valence-corrected chi connectivity index (χ0v) is 11.3. The SMILES string of the molecule is CCCC1(O)CN(C(=O)c2cc(F)c(F)cc2[N+](=O)[O-])C1. The van der Waals surface area contributed by atoms with Crippen molar-refractivity contribution < 1.29 is 23.6 Å². The van der Waals surface area contributed by atoms with Crippen molar-refractivity contribution in [2.45, 2.75) is 25.4 Å². The molecule has 1 N–H and O–H groups in total. The Kier molecular flexibility index (Phi) is 3.91. The molecule has 1 saturated heterocycles. The Balaban J connectivity index is 2.25. The summed E-state index contributed by atoms with van der Waals surface area (Å²) >= 11 is 0. The molecule has 0 bridgehead atoms. The lowest BCUT2D eigenvalue weighted by Gasteiger charge is -2.46. The quantitative estimate of drug-likeness (QED) is 0.679. The van der Waals surface area contributed by atoms with E-state index in [0.717, 1.165) is 6.42 Å². The molecule has 0 spiro atoms. The lowest BCUT2D eigenvalue weighted by Crippen LogP contribution is -2.63. The first-order chi connectivity index (χ1) is 9.77. The number of halogens is 2. The van der Waals surface area contributed by atoms with Crippen molar-refractivity contribution in [1.82, 2.24) is 4.90 Å². The van der Waals surface area contributed by atoms with Gasteiger partial charge < -0.3 is 10.0 Å². The summed E-state index contributed by atoms with van der Waals surface area (Å²) in [5.41, 5.74) is -2.31. The third kappa shape index (κ3) is 2.85. The summed E-state index contributed by atoms with van der Waals surface area (Å²) in [5.74, 6) is -3.50. The number of nitrogens with zero attached hydrogens (tertiary/aromatic N) is 2. The molecule has 8 heteroatoms. The van der Waals surface area contributed by atoms with Crippen LogP contribution in [0.2, 0.25) is 0 Å². The largest absolute Gasteiger partial charge is 0.386 e. The second-order valence-electron chi connectivity index (χ2n) is 5.18. The van der Waals surface area contributed by atoms with Gasteiger partial charge in [0.25, 0.3) is 11.6 Å². The molecule has 1 fully saturated rings. The van der Waals surface area contributed by atoms with Gasteiger partial charge in [0.15, 0.2) is 11.6 Å². The summed E-state index contributed by atoms with van der Waals surface area (Å²) in [7, 11) is 0. The van der Waals surface area contributed by atoms with E-state index in [2.05, 4.69) is 0 Å². The standard InChI is InChI=1S/C13H14F2N2O4/c1-2-3-13(19)6-16(7-13)12(18)8-4-9(14)10(15)5-11(8)17(20)21/h4-5,19H,2-3,6-7H2,1H3. The molecule has 0 aromatic heterocycles. The van der Waals surface area contributed by atoms with Gasteiger partial charge >= 0.3 is 0 Å². The minimum Gasteiger partial charge on any atom is -0.386 e. The molecule has 0 aliphatic carbocycles. The van der Waals surface area contributed by atoms with Crippen LogP contribution in [0.25, 0.3) is 0 Å². The molecular weight excluding hydrogens is 286 g/mol. The molecule has 0 unspecified atom stereocenters. The number of β-amino-alcohol motifs (C(OH)–C–C–N with tert-alkyl or cyclic N) is 1. The fourth-order valence-electron chi connectivity index (χ4n) is 2.46.